The fourth-order valence-electron chi connectivity index (χ4n) is 4.50. The van der Waals surface area contributed by atoms with Crippen LogP contribution in [0.2, 0.25) is 0 Å². The molecule has 2 fully saturated rings. The standard InChI is InChI=1S/C22H28O3/c1-13-9-14(2)20(15(3)10-13)21-19(24)12-17(22(21)25)11-18(23)8-7-16-5-4-6-16/h9-10,16-17,21H,4-8,11-12H2,1-3H3. The Morgan fingerprint density at radius 3 is 2.28 bits per heavy atom. The lowest BCUT2D eigenvalue weighted by molar-refractivity contribution is -0.128. The monoisotopic (exact) mass is 340 g/mol. The topological polar surface area (TPSA) is 51.2 Å². The number of aryl methyl sites for hydroxylation is 3. The molecule has 3 nitrogen and oxygen atoms in total. The first-order valence-corrected chi connectivity index (χ1v) is 9.52. The SMILES string of the molecule is Cc1cc(C)c(C2C(=O)CC(CC(=O)CCC3CCC3)C2=O)c(C)c1. The Morgan fingerprint density at radius 1 is 1.08 bits per heavy atom. The van der Waals surface area contributed by atoms with Gasteiger partial charge in [0.15, 0.2) is 5.78 Å². The van der Waals surface area contributed by atoms with E-state index in [0.717, 1.165) is 28.7 Å². The smallest absolute Gasteiger partial charge is 0.151 e. The van der Waals surface area contributed by atoms with Gasteiger partial charge in [0, 0.05) is 25.2 Å². The Bertz CT molecular complexity index is 689. The van der Waals surface area contributed by atoms with Gasteiger partial charge in [0.05, 0.1) is 0 Å². The quantitative estimate of drug-likeness (QED) is 0.722. The molecule has 0 saturated heterocycles. The summed E-state index contributed by atoms with van der Waals surface area (Å²) in [4.78, 5) is 37.7. The van der Waals surface area contributed by atoms with Gasteiger partial charge in [0.1, 0.15) is 17.5 Å². The van der Waals surface area contributed by atoms with Crippen LogP contribution in [0.1, 0.15) is 73.1 Å². The molecule has 2 unspecified atom stereocenters. The number of ketones is 3. The molecular weight excluding hydrogens is 312 g/mol. The number of benzene rings is 1. The summed E-state index contributed by atoms with van der Waals surface area (Å²) >= 11 is 0. The van der Waals surface area contributed by atoms with Gasteiger partial charge in [-0.1, -0.05) is 37.0 Å². The number of carbonyl (C=O) groups excluding carboxylic acids is 3. The zero-order valence-electron chi connectivity index (χ0n) is 15.6. The molecule has 2 aliphatic rings. The van der Waals surface area contributed by atoms with Crippen molar-refractivity contribution in [1.29, 1.82) is 0 Å². The molecule has 2 aliphatic carbocycles. The Balaban J connectivity index is 1.69. The fraction of sp³-hybridized carbons (Fsp3) is 0.591. The van der Waals surface area contributed by atoms with E-state index in [1.807, 2.05) is 32.9 Å². The van der Waals surface area contributed by atoms with E-state index in [1.54, 1.807) is 0 Å². The normalized spacial score (nSPS) is 23.8. The van der Waals surface area contributed by atoms with Gasteiger partial charge in [0.2, 0.25) is 0 Å². The van der Waals surface area contributed by atoms with Crippen LogP contribution < -0.4 is 0 Å². The van der Waals surface area contributed by atoms with Gasteiger partial charge in [-0.05, 0) is 49.8 Å². The molecule has 3 heteroatoms. The van der Waals surface area contributed by atoms with Crippen molar-refractivity contribution in [2.24, 2.45) is 11.8 Å². The number of Topliss-reactive ketones (excluding diaryl/α,β-unsaturated/α-hetero) is 3. The van der Waals surface area contributed by atoms with E-state index in [2.05, 4.69) is 0 Å². The average Bonchev–Trinajstić information content (AvgIpc) is 2.72. The molecule has 0 heterocycles. The molecule has 3 rings (SSSR count). The summed E-state index contributed by atoms with van der Waals surface area (Å²) < 4.78 is 0. The minimum atomic E-state index is -0.662. The average molecular weight is 340 g/mol. The van der Waals surface area contributed by atoms with E-state index in [0.29, 0.717) is 12.3 Å². The Morgan fingerprint density at radius 2 is 1.72 bits per heavy atom. The molecule has 0 radical (unpaired) electrons. The van der Waals surface area contributed by atoms with Crippen LogP contribution in [0.5, 0.6) is 0 Å². The third-order valence-corrected chi connectivity index (χ3v) is 6.01. The van der Waals surface area contributed by atoms with Crippen molar-refractivity contribution >= 4 is 17.3 Å². The van der Waals surface area contributed by atoms with Gasteiger partial charge in [0.25, 0.3) is 0 Å². The lowest BCUT2D eigenvalue weighted by Crippen LogP contribution is -2.20. The third kappa shape index (κ3) is 3.75. The first-order valence-electron chi connectivity index (χ1n) is 9.52. The fourth-order valence-corrected chi connectivity index (χ4v) is 4.50. The molecule has 0 bridgehead atoms. The highest BCUT2D eigenvalue weighted by molar-refractivity contribution is 6.15. The third-order valence-electron chi connectivity index (χ3n) is 6.01. The second kappa shape index (κ2) is 7.23. The predicted octanol–water partition coefficient (Wildman–Crippen LogP) is 4.39. The second-order valence-electron chi connectivity index (χ2n) is 8.09. The van der Waals surface area contributed by atoms with Crippen molar-refractivity contribution in [2.45, 2.75) is 71.6 Å². The molecule has 1 aromatic rings. The van der Waals surface area contributed by atoms with Crippen molar-refractivity contribution in [3.05, 3.63) is 34.4 Å². The van der Waals surface area contributed by atoms with Crippen LogP contribution in [0.3, 0.4) is 0 Å². The van der Waals surface area contributed by atoms with Crippen LogP contribution in [0.15, 0.2) is 12.1 Å². The molecule has 1 aromatic carbocycles. The maximum absolute atomic E-state index is 12.9. The van der Waals surface area contributed by atoms with E-state index in [-0.39, 0.29) is 30.2 Å². The summed E-state index contributed by atoms with van der Waals surface area (Å²) in [5, 5.41) is 0. The van der Waals surface area contributed by atoms with Crippen LogP contribution in [0.4, 0.5) is 0 Å². The molecular formula is C22H28O3. The second-order valence-corrected chi connectivity index (χ2v) is 8.09. The van der Waals surface area contributed by atoms with E-state index >= 15 is 0 Å². The first-order chi connectivity index (χ1) is 11.9. The highest BCUT2D eigenvalue weighted by Gasteiger charge is 2.43. The van der Waals surface area contributed by atoms with Crippen LogP contribution >= 0.6 is 0 Å². The van der Waals surface area contributed by atoms with Crippen LogP contribution in [0, 0.1) is 32.6 Å². The summed E-state index contributed by atoms with van der Waals surface area (Å²) in [5.74, 6) is -0.281. The summed E-state index contributed by atoms with van der Waals surface area (Å²) in [6, 6.07) is 4.06. The summed E-state index contributed by atoms with van der Waals surface area (Å²) in [6.45, 7) is 5.95. The largest absolute Gasteiger partial charge is 0.300 e. The van der Waals surface area contributed by atoms with Crippen LogP contribution in [0.25, 0.3) is 0 Å². The molecule has 0 spiro atoms. The van der Waals surface area contributed by atoms with Crippen LogP contribution in [-0.2, 0) is 14.4 Å². The summed E-state index contributed by atoms with van der Waals surface area (Å²) in [5.41, 5.74) is 4.01. The number of rotatable bonds is 6. The first kappa shape index (κ1) is 18.0. The summed E-state index contributed by atoms with van der Waals surface area (Å²) in [6.07, 6.45) is 5.75. The highest BCUT2D eigenvalue weighted by Crippen LogP contribution is 2.38. The number of hydrogen-bond acceptors (Lipinski definition) is 3. The van der Waals surface area contributed by atoms with Gasteiger partial charge in [-0.15, -0.1) is 0 Å². The van der Waals surface area contributed by atoms with Crippen LogP contribution in [-0.4, -0.2) is 17.3 Å². The Kier molecular flexibility index (Phi) is 5.21. The lowest BCUT2D eigenvalue weighted by Gasteiger charge is -2.24. The maximum Gasteiger partial charge on any atom is 0.151 e. The Labute approximate surface area is 150 Å². The zero-order valence-corrected chi connectivity index (χ0v) is 15.6. The van der Waals surface area contributed by atoms with Gasteiger partial charge < -0.3 is 0 Å². The number of hydrogen-bond donors (Lipinski definition) is 0. The minimum absolute atomic E-state index is 0.0168. The van der Waals surface area contributed by atoms with Gasteiger partial charge >= 0.3 is 0 Å². The van der Waals surface area contributed by atoms with E-state index < -0.39 is 11.8 Å². The maximum atomic E-state index is 12.9. The number of carbonyl (C=O) groups is 3. The van der Waals surface area contributed by atoms with Crippen molar-refractivity contribution in [3.63, 3.8) is 0 Å². The van der Waals surface area contributed by atoms with E-state index in [9.17, 15) is 14.4 Å². The molecule has 25 heavy (non-hydrogen) atoms. The lowest BCUT2D eigenvalue weighted by atomic mass is 9.81. The van der Waals surface area contributed by atoms with Crippen molar-refractivity contribution < 1.29 is 14.4 Å². The van der Waals surface area contributed by atoms with Gasteiger partial charge in [-0.2, -0.15) is 0 Å². The van der Waals surface area contributed by atoms with Crippen molar-refractivity contribution in [3.8, 4) is 0 Å². The van der Waals surface area contributed by atoms with E-state index in [1.165, 1.54) is 19.3 Å². The molecule has 0 amide bonds. The van der Waals surface area contributed by atoms with Crippen molar-refractivity contribution in [2.75, 3.05) is 0 Å². The predicted molar refractivity (Wildman–Crippen MR) is 97.7 cm³/mol. The zero-order chi connectivity index (χ0) is 18.1. The van der Waals surface area contributed by atoms with Gasteiger partial charge in [-0.3, -0.25) is 14.4 Å². The molecule has 134 valence electrons. The molecule has 0 N–H and O–H groups in total. The van der Waals surface area contributed by atoms with Gasteiger partial charge in [-0.25, -0.2) is 0 Å². The molecule has 2 saturated carbocycles. The van der Waals surface area contributed by atoms with Crippen molar-refractivity contribution in [1.82, 2.24) is 0 Å². The molecule has 0 aliphatic heterocycles. The molecule has 2 atom stereocenters. The highest BCUT2D eigenvalue weighted by atomic mass is 16.2. The minimum Gasteiger partial charge on any atom is -0.300 e. The summed E-state index contributed by atoms with van der Waals surface area (Å²) in [7, 11) is 0. The molecule has 0 aromatic heterocycles. The van der Waals surface area contributed by atoms with E-state index in [4.69, 9.17) is 0 Å². The Hall–Kier alpha value is -1.77.